The van der Waals surface area contributed by atoms with E-state index >= 15 is 0 Å². The van der Waals surface area contributed by atoms with Gasteiger partial charge in [-0.05, 0) is 30.7 Å². The number of nitrogens with zero attached hydrogens (tertiary/aromatic N) is 1. The fourth-order valence-corrected chi connectivity index (χ4v) is 2.31. The molecule has 4 amide bonds. The molecule has 22 heavy (non-hydrogen) atoms. The monoisotopic (exact) mass is 319 g/mol. The maximum Gasteiger partial charge on any atom is 0.325 e. The zero-order valence-corrected chi connectivity index (χ0v) is 12.6. The lowest BCUT2D eigenvalue weighted by Gasteiger charge is -2.14. The number of hydrogen-bond donors (Lipinski definition) is 2. The highest BCUT2D eigenvalue weighted by Gasteiger charge is 2.38. The van der Waals surface area contributed by atoms with Gasteiger partial charge in [0.05, 0.1) is 0 Å². The van der Waals surface area contributed by atoms with Crippen molar-refractivity contribution in [3.63, 3.8) is 0 Å². The highest BCUT2D eigenvalue weighted by molar-refractivity contribution is 6.30. The van der Waals surface area contributed by atoms with Gasteiger partial charge in [-0.2, -0.15) is 0 Å². The van der Waals surface area contributed by atoms with E-state index in [9.17, 15) is 14.4 Å². The molecule has 2 rings (SSSR count). The minimum atomic E-state index is -0.762. The van der Waals surface area contributed by atoms with Crippen molar-refractivity contribution in [1.29, 1.82) is 0 Å². The fourth-order valence-electron chi connectivity index (χ4n) is 2.08. The lowest BCUT2D eigenvalue weighted by molar-refractivity contribution is -0.130. The molecule has 0 unspecified atom stereocenters. The molecule has 1 saturated heterocycles. The van der Waals surface area contributed by atoms with Crippen LogP contribution in [0.2, 0.25) is 5.02 Å². The molecule has 0 bridgehead atoms. The third kappa shape index (κ3) is 3.38. The van der Waals surface area contributed by atoms with Crippen LogP contribution in [0.15, 0.2) is 18.2 Å². The molecule has 0 aromatic heterocycles. The van der Waals surface area contributed by atoms with Crippen molar-refractivity contribution in [2.75, 3.05) is 11.9 Å². The molecular weight excluding hydrogens is 306 g/mol. The van der Waals surface area contributed by atoms with Crippen LogP contribution < -0.4 is 10.6 Å². The van der Waals surface area contributed by atoms with Crippen LogP contribution in [0, 0.1) is 19.3 Å². The van der Waals surface area contributed by atoms with E-state index in [-0.39, 0.29) is 13.0 Å². The molecule has 1 atom stereocenters. The summed E-state index contributed by atoms with van der Waals surface area (Å²) in [6.45, 7) is 1.42. The van der Waals surface area contributed by atoms with E-state index in [0.717, 1.165) is 10.5 Å². The van der Waals surface area contributed by atoms with Gasteiger partial charge in [0, 0.05) is 17.1 Å². The summed E-state index contributed by atoms with van der Waals surface area (Å²) in [4.78, 5) is 36.5. The standard InChI is InChI=1S/C15H14ClN3O3/c1-3-4-12-14(21)19(15(22)18-12)8-13(20)17-11-6-5-10(16)7-9(11)2/h1,5-7,12H,4,8H2,2H3,(H,17,20)(H,18,22)/t12-/m1/s1. The molecular formula is C15H14ClN3O3. The molecule has 1 fully saturated rings. The van der Waals surface area contributed by atoms with Crippen molar-refractivity contribution < 1.29 is 14.4 Å². The van der Waals surface area contributed by atoms with E-state index in [1.807, 2.05) is 0 Å². The number of benzene rings is 1. The zero-order chi connectivity index (χ0) is 16.3. The maximum atomic E-state index is 12.0. The Hall–Kier alpha value is -2.52. The number of hydrogen-bond acceptors (Lipinski definition) is 3. The van der Waals surface area contributed by atoms with Crippen molar-refractivity contribution in [3.8, 4) is 12.3 Å². The predicted octanol–water partition coefficient (Wildman–Crippen LogP) is 1.53. The molecule has 1 aromatic rings. The van der Waals surface area contributed by atoms with Crippen molar-refractivity contribution >= 4 is 35.1 Å². The second-order valence-electron chi connectivity index (χ2n) is 4.84. The molecule has 1 heterocycles. The number of amides is 4. The molecule has 1 aliphatic heterocycles. The van der Waals surface area contributed by atoms with Crippen LogP contribution in [0.25, 0.3) is 0 Å². The van der Waals surface area contributed by atoms with Crippen LogP contribution in [-0.2, 0) is 9.59 Å². The molecule has 114 valence electrons. The number of carbonyl (C=O) groups is 3. The molecule has 7 heteroatoms. The average Bonchev–Trinajstić information content (AvgIpc) is 2.70. The summed E-state index contributed by atoms with van der Waals surface area (Å²) in [5, 5.41) is 5.64. The molecule has 1 aromatic carbocycles. The van der Waals surface area contributed by atoms with E-state index in [0.29, 0.717) is 10.7 Å². The van der Waals surface area contributed by atoms with Crippen LogP contribution in [0.3, 0.4) is 0 Å². The largest absolute Gasteiger partial charge is 0.325 e. The topological polar surface area (TPSA) is 78.5 Å². The van der Waals surface area contributed by atoms with Crippen LogP contribution in [0.1, 0.15) is 12.0 Å². The Morgan fingerprint density at radius 3 is 2.86 bits per heavy atom. The van der Waals surface area contributed by atoms with Crippen LogP contribution in [-0.4, -0.2) is 35.3 Å². The van der Waals surface area contributed by atoms with Crippen LogP contribution >= 0.6 is 11.6 Å². The van der Waals surface area contributed by atoms with E-state index in [1.165, 1.54) is 0 Å². The molecule has 0 spiro atoms. The Bertz CT molecular complexity index is 681. The third-order valence-corrected chi connectivity index (χ3v) is 3.43. The molecule has 0 radical (unpaired) electrons. The van der Waals surface area contributed by atoms with E-state index in [2.05, 4.69) is 16.6 Å². The highest BCUT2D eigenvalue weighted by atomic mass is 35.5. The van der Waals surface area contributed by atoms with Gasteiger partial charge in [-0.25, -0.2) is 4.79 Å². The number of carbonyl (C=O) groups excluding carboxylic acids is 3. The van der Waals surface area contributed by atoms with Gasteiger partial charge in [-0.3, -0.25) is 14.5 Å². The first-order valence-corrected chi connectivity index (χ1v) is 6.91. The quantitative estimate of drug-likeness (QED) is 0.652. The summed E-state index contributed by atoms with van der Waals surface area (Å²) >= 11 is 5.84. The SMILES string of the molecule is C#CC[C@H]1NC(=O)N(CC(=O)Nc2ccc(Cl)cc2C)C1=O. The van der Waals surface area contributed by atoms with Gasteiger partial charge in [-0.15, -0.1) is 12.3 Å². The minimum absolute atomic E-state index is 0.0962. The van der Waals surface area contributed by atoms with E-state index in [4.69, 9.17) is 18.0 Å². The lowest BCUT2D eigenvalue weighted by Crippen LogP contribution is -2.38. The number of imide groups is 1. The molecule has 2 N–H and O–H groups in total. The summed E-state index contributed by atoms with van der Waals surface area (Å²) in [7, 11) is 0. The summed E-state index contributed by atoms with van der Waals surface area (Å²) in [6, 6.07) is 3.62. The Morgan fingerprint density at radius 2 is 2.23 bits per heavy atom. The van der Waals surface area contributed by atoms with Gasteiger partial charge in [0.2, 0.25) is 5.91 Å². The summed E-state index contributed by atoms with van der Waals surface area (Å²) in [5.41, 5.74) is 1.35. The molecule has 1 aliphatic rings. The third-order valence-electron chi connectivity index (χ3n) is 3.19. The Kier molecular flexibility index (Phi) is 4.68. The number of halogens is 1. The number of urea groups is 1. The predicted molar refractivity (Wildman–Crippen MR) is 82.3 cm³/mol. The highest BCUT2D eigenvalue weighted by Crippen LogP contribution is 2.19. The van der Waals surface area contributed by atoms with Crippen molar-refractivity contribution in [2.45, 2.75) is 19.4 Å². The molecule has 0 saturated carbocycles. The normalized spacial score (nSPS) is 17.1. The van der Waals surface area contributed by atoms with Gasteiger partial charge < -0.3 is 10.6 Å². The number of rotatable bonds is 4. The first kappa shape index (κ1) is 15.9. The minimum Gasteiger partial charge on any atom is -0.325 e. The van der Waals surface area contributed by atoms with Crippen molar-refractivity contribution in [2.24, 2.45) is 0 Å². The summed E-state index contributed by atoms with van der Waals surface area (Å²) < 4.78 is 0. The van der Waals surface area contributed by atoms with Gasteiger partial charge in [0.1, 0.15) is 12.6 Å². The number of terminal acetylenes is 1. The smallest absolute Gasteiger partial charge is 0.325 e. The zero-order valence-electron chi connectivity index (χ0n) is 11.9. The first-order valence-electron chi connectivity index (χ1n) is 6.53. The Balaban J connectivity index is 2.02. The molecule has 6 nitrogen and oxygen atoms in total. The number of nitrogens with one attached hydrogen (secondary N) is 2. The lowest BCUT2D eigenvalue weighted by atomic mass is 10.2. The van der Waals surface area contributed by atoms with Gasteiger partial charge >= 0.3 is 6.03 Å². The fraction of sp³-hybridized carbons (Fsp3) is 0.267. The summed E-state index contributed by atoms with van der Waals surface area (Å²) in [6.07, 6.45) is 5.23. The van der Waals surface area contributed by atoms with Crippen molar-refractivity contribution in [1.82, 2.24) is 10.2 Å². The first-order chi connectivity index (χ1) is 10.4. The van der Waals surface area contributed by atoms with E-state index in [1.54, 1.807) is 25.1 Å². The van der Waals surface area contributed by atoms with Crippen molar-refractivity contribution in [3.05, 3.63) is 28.8 Å². The second-order valence-corrected chi connectivity index (χ2v) is 5.28. The second kappa shape index (κ2) is 6.50. The summed E-state index contributed by atoms with van der Waals surface area (Å²) in [5.74, 6) is 1.34. The van der Waals surface area contributed by atoms with Gasteiger partial charge in [0.15, 0.2) is 0 Å². The number of aryl methyl sites for hydroxylation is 1. The van der Waals surface area contributed by atoms with Crippen LogP contribution in [0.5, 0.6) is 0 Å². The Labute approximate surface area is 132 Å². The van der Waals surface area contributed by atoms with E-state index < -0.39 is 23.9 Å². The van der Waals surface area contributed by atoms with Crippen LogP contribution in [0.4, 0.5) is 10.5 Å². The molecule has 0 aliphatic carbocycles. The van der Waals surface area contributed by atoms with Gasteiger partial charge in [-0.1, -0.05) is 11.6 Å². The Morgan fingerprint density at radius 1 is 1.50 bits per heavy atom. The van der Waals surface area contributed by atoms with Gasteiger partial charge in [0.25, 0.3) is 5.91 Å². The average molecular weight is 320 g/mol. The maximum absolute atomic E-state index is 12.0. The number of anilines is 1.